The summed E-state index contributed by atoms with van der Waals surface area (Å²) in [4.78, 5) is 14.3. The molecule has 0 aromatic heterocycles. The molecule has 4 nitrogen and oxygen atoms in total. The highest BCUT2D eigenvalue weighted by atomic mass is 16.5. The van der Waals surface area contributed by atoms with Gasteiger partial charge in [-0.05, 0) is 47.2 Å². The fraction of sp³-hybridized carbons (Fsp3) is 0.350. The number of aryl methyl sites for hydroxylation is 1. The van der Waals surface area contributed by atoms with Crippen LogP contribution in [0.1, 0.15) is 33.9 Å². The number of nitrogens with zero attached hydrogens (tertiary/aromatic N) is 1. The van der Waals surface area contributed by atoms with E-state index in [1.807, 2.05) is 18.2 Å². The summed E-state index contributed by atoms with van der Waals surface area (Å²) >= 11 is 0. The summed E-state index contributed by atoms with van der Waals surface area (Å²) in [6.07, 6.45) is 2.28. The van der Waals surface area contributed by atoms with E-state index in [-0.39, 0.29) is 5.91 Å². The lowest BCUT2D eigenvalue weighted by Crippen LogP contribution is -2.38. The standard InChI is InChI=1S/C20H22N2O2/c21-20(23)17-4-2-1-3-16(17)15-6-5-14-7-8-19(18(14)13-15)22-9-11-24-12-10-22/h1-6,13,19H,7-12H2,(H2,21,23). The van der Waals surface area contributed by atoms with E-state index in [1.54, 1.807) is 6.07 Å². The predicted molar refractivity (Wildman–Crippen MR) is 93.8 cm³/mol. The lowest BCUT2D eigenvalue weighted by atomic mass is 9.95. The van der Waals surface area contributed by atoms with Crippen LogP contribution in [-0.4, -0.2) is 37.1 Å². The lowest BCUT2D eigenvalue weighted by molar-refractivity contribution is 0.0164. The molecule has 0 bridgehead atoms. The molecule has 0 saturated carbocycles. The molecule has 0 spiro atoms. The molecule has 2 N–H and O–H groups in total. The minimum absolute atomic E-state index is 0.379. The van der Waals surface area contributed by atoms with E-state index in [1.165, 1.54) is 11.1 Å². The van der Waals surface area contributed by atoms with Crippen molar-refractivity contribution in [2.24, 2.45) is 5.73 Å². The van der Waals surface area contributed by atoms with Crippen LogP contribution in [0.4, 0.5) is 0 Å². The van der Waals surface area contributed by atoms with Crippen molar-refractivity contribution in [3.05, 3.63) is 59.2 Å². The molecule has 2 aromatic rings. The van der Waals surface area contributed by atoms with Crippen molar-refractivity contribution >= 4 is 5.91 Å². The zero-order chi connectivity index (χ0) is 16.5. The Bertz CT molecular complexity index is 766. The number of primary amides is 1. The van der Waals surface area contributed by atoms with Gasteiger partial charge in [0.1, 0.15) is 0 Å². The molecule has 4 heteroatoms. The van der Waals surface area contributed by atoms with Crippen molar-refractivity contribution < 1.29 is 9.53 Å². The first-order valence-electron chi connectivity index (χ1n) is 8.58. The van der Waals surface area contributed by atoms with Gasteiger partial charge < -0.3 is 10.5 Å². The summed E-state index contributed by atoms with van der Waals surface area (Å²) in [6, 6.07) is 14.6. The number of hydrogen-bond donors (Lipinski definition) is 1. The maximum absolute atomic E-state index is 11.7. The summed E-state index contributed by atoms with van der Waals surface area (Å²) < 4.78 is 5.49. The van der Waals surface area contributed by atoms with E-state index in [4.69, 9.17) is 10.5 Å². The molecule has 0 radical (unpaired) electrons. The fourth-order valence-electron chi connectivity index (χ4n) is 3.97. The third-order valence-electron chi connectivity index (χ3n) is 5.18. The van der Waals surface area contributed by atoms with Crippen LogP contribution in [0.5, 0.6) is 0 Å². The van der Waals surface area contributed by atoms with Crippen molar-refractivity contribution in [1.29, 1.82) is 0 Å². The van der Waals surface area contributed by atoms with E-state index in [0.29, 0.717) is 11.6 Å². The van der Waals surface area contributed by atoms with Crippen LogP contribution < -0.4 is 5.73 Å². The molecule has 124 valence electrons. The Morgan fingerprint density at radius 1 is 1.12 bits per heavy atom. The maximum Gasteiger partial charge on any atom is 0.249 e. The van der Waals surface area contributed by atoms with E-state index < -0.39 is 0 Å². The lowest BCUT2D eigenvalue weighted by Gasteiger charge is -2.32. The van der Waals surface area contributed by atoms with Crippen LogP contribution in [0, 0.1) is 0 Å². The summed E-state index contributed by atoms with van der Waals surface area (Å²) in [5.74, 6) is -0.379. The van der Waals surface area contributed by atoms with Crippen LogP contribution in [0.3, 0.4) is 0 Å². The highest BCUT2D eigenvalue weighted by Gasteiger charge is 2.29. The van der Waals surface area contributed by atoms with E-state index in [9.17, 15) is 4.79 Å². The molecular weight excluding hydrogens is 300 g/mol. The smallest absolute Gasteiger partial charge is 0.249 e. The third-order valence-corrected chi connectivity index (χ3v) is 5.18. The topological polar surface area (TPSA) is 55.6 Å². The van der Waals surface area contributed by atoms with Crippen LogP contribution in [-0.2, 0) is 11.2 Å². The molecule has 2 aliphatic rings. The number of benzene rings is 2. The second kappa shape index (κ2) is 6.38. The Hall–Kier alpha value is -2.17. The quantitative estimate of drug-likeness (QED) is 0.945. The largest absolute Gasteiger partial charge is 0.379 e. The van der Waals surface area contributed by atoms with Crippen molar-refractivity contribution in [1.82, 2.24) is 4.90 Å². The molecule has 1 heterocycles. The molecule has 1 unspecified atom stereocenters. The van der Waals surface area contributed by atoms with Gasteiger partial charge >= 0.3 is 0 Å². The molecule has 1 atom stereocenters. The van der Waals surface area contributed by atoms with Crippen LogP contribution in [0.25, 0.3) is 11.1 Å². The Labute approximate surface area is 142 Å². The number of fused-ring (bicyclic) bond motifs is 1. The molecule has 1 aliphatic heterocycles. The minimum atomic E-state index is -0.379. The second-order valence-electron chi connectivity index (χ2n) is 6.53. The molecule has 1 fully saturated rings. The molecule has 1 amide bonds. The Morgan fingerprint density at radius 3 is 2.71 bits per heavy atom. The molecular formula is C20H22N2O2. The van der Waals surface area contributed by atoms with Gasteiger partial charge in [0.2, 0.25) is 5.91 Å². The predicted octanol–water partition coefficient (Wildman–Crippen LogP) is 2.77. The van der Waals surface area contributed by atoms with E-state index in [2.05, 4.69) is 23.1 Å². The third kappa shape index (κ3) is 2.72. The zero-order valence-corrected chi connectivity index (χ0v) is 13.7. The Morgan fingerprint density at radius 2 is 1.92 bits per heavy atom. The van der Waals surface area contributed by atoms with Crippen LogP contribution in [0.15, 0.2) is 42.5 Å². The molecule has 1 aliphatic carbocycles. The van der Waals surface area contributed by atoms with Gasteiger partial charge in [-0.1, -0.05) is 30.3 Å². The number of amides is 1. The highest BCUT2D eigenvalue weighted by molar-refractivity contribution is 5.99. The van der Waals surface area contributed by atoms with Crippen LogP contribution >= 0.6 is 0 Å². The summed E-state index contributed by atoms with van der Waals surface area (Å²) in [5.41, 5.74) is 10.9. The SMILES string of the molecule is NC(=O)c1ccccc1-c1ccc2c(c1)C(N1CCOCC1)CC2. The van der Waals surface area contributed by atoms with Gasteiger partial charge in [0.15, 0.2) is 0 Å². The Balaban J connectivity index is 1.72. The van der Waals surface area contributed by atoms with Gasteiger partial charge in [-0.25, -0.2) is 0 Å². The number of morpholine rings is 1. The highest BCUT2D eigenvalue weighted by Crippen LogP contribution is 2.38. The number of hydrogen-bond acceptors (Lipinski definition) is 3. The van der Waals surface area contributed by atoms with Gasteiger partial charge in [-0.3, -0.25) is 9.69 Å². The molecule has 4 rings (SSSR count). The van der Waals surface area contributed by atoms with Gasteiger partial charge in [-0.2, -0.15) is 0 Å². The zero-order valence-electron chi connectivity index (χ0n) is 13.7. The van der Waals surface area contributed by atoms with Gasteiger partial charge in [0.05, 0.1) is 13.2 Å². The number of ether oxygens (including phenoxy) is 1. The first-order chi connectivity index (χ1) is 11.7. The minimum Gasteiger partial charge on any atom is -0.379 e. The van der Waals surface area contributed by atoms with Gasteiger partial charge in [0, 0.05) is 24.7 Å². The summed E-state index contributed by atoms with van der Waals surface area (Å²) in [5, 5.41) is 0. The monoisotopic (exact) mass is 322 g/mol. The van der Waals surface area contributed by atoms with Crippen molar-refractivity contribution in [2.45, 2.75) is 18.9 Å². The first kappa shape index (κ1) is 15.4. The molecule has 2 aromatic carbocycles. The Kier molecular flexibility index (Phi) is 4.08. The number of carbonyl (C=O) groups is 1. The molecule has 1 saturated heterocycles. The van der Waals surface area contributed by atoms with Gasteiger partial charge in [-0.15, -0.1) is 0 Å². The average molecular weight is 322 g/mol. The average Bonchev–Trinajstić information content (AvgIpc) is 3.05. The van der Waals surface area contributed by atoms with Gasteiger partial charge in [0.25, 0.3) is 0 Å². The fourth-order valence-corrected chi connectivity index (χ4v) is 3.97. The first-order valence-corrected chi connectivity index (χ1v) is 8.58. The summed E-state index contributed by atoms with van der Waals surface area (Å²) in [7, 11) is 0. The van der Waals surface area contributed by atoms with Crippen molar-refractivity contribution in [3.63, 3.8) is 0 Å². The van der Waals surface area contributed by atoms with Crippen molar-refractivity contribution in [2.75, 3.05) is 26.3 Å². The maximum atomic E-state index is 11.7. The second-order valence-corrected chi connectivity index (χ2v) is 6.53. The van der Waals surface area contributed by atoms with Crippen LogP contribution in [0.2, 0.25) is 0 Å². The number of nitrogens with two attached hydrogens (primary N) is 1. The van der Waals surface area contributed by atoms with E-state index >= 15 is 0 Å². The normalized spacial score (nSPS) is 20.8. The number of carbonyl (C=O) groups excluding carboxylic acids is 1. The summed E-state index contributed by atoms with van der Waals surface area (Å²) in [6.45, 7) is 3.62. The molecule has 24 heavy (non-hydrogen) atoms. The van der Waals surface area contributed by atoms with E-state index in [0.717, 1.165) is 50.3 Å². The number of rotatable bonds is 3. The van der Waals surface area contributed by atoms with Crippen molar-refractivity contribution in [3.8, 4) is 11.1 Å².